The lowest BCUT2D eigenvalue weighted by molar-refractivity contribution is -0.116. The Labute approximate surface area is 193 Å². The van der Waals surface area contributed by atoms with Gasteiger partial charge in [0.05, 0.1) is 6.54 Å². The summed E-state index contributed by atoms with van der Waals surface area (Å²) < 4.78 is 0. The Bertz CT molecular complexity index is 1100. The predicted octanol–water partition coefficient (Wildman–Crippen LogP) is 4.75. The number of anilines is 4. The molecule has 0 saturated heterocycles. The van der Waals surface area contributed by atoms with Gasteiger partial charge in [0.25, 0.3) is 5.91 Å². The summed E-state index contributed by atoms with van der Waals surface area (Å²) in [6, 6.07) is 23.6. The van der Waals surface area contributed by atoms with Crippen molar-refractivity contribution >= 4 is 40.5 Å². The van der Waals surface area contributed by atoms with Crippen LogP contribution < -0.4 is 20.9 Å². The first-order valence-corrected chi connectivity index (χ1v) is 10.9. The van der Waals surface area contributed by atoms with Gasteiger partial charge in [0.1, 0.15) is 0 Å². The third kappa shape index (κ3) is 6.67. The molecule has 0 fully saturated rings. The number of para-hydroxylation sites is 1. The lowest BCUT2D eigenvalue weighted by atomic mass is 10.1. The summed E-state index contributed by atoms with van der Waals surface area (Å²) in [5.41, 5.74) is 3.37. The van der Waals surface area contributed by atoms with Crippen LogP contribution in [0.3, 0.4) is 0 Å². The number of benzene rings is 3. The molecule has 7 heteroatoms. The van der Waals surface area contributed by atoms with Crippen LogP contribution in [0, 0.1) is 0 Å². The molecule has 0 saturated carbocycles. The Kier molecular flexibility index (Phi) is 8.18. The van der Waals surface area contributed by atoms with Gasteiger partial charge in [0.2, 0.25) is 11.8 Å². The zero-order valence-corrected chi connectivity index (χ0v) is 18.8. The topological polar surface area (TPSA) is 90.5 Å². The minimum absolute atomic E-state index is 0.0595. The molecule has 3 aromatic carbocycles. The number of carbonyl (C=O) groups excluding carboxylic acids is 3. The van der Waals surface area contributed by atoms with Crippen LogP contribution in [-0.2, 0) is 9.59 Å². The second kappa shape index (κ2) is 11.5. The van der Waals surface area contributed by atoms with E-state index in [1.807, 2.05) is 37.3 Å². The summed E-state index contributed by atoms with van der Waals surface area (Å²) in [6.45, 7) is 4.33. The average Bonchev–Trinajstić information content (AvgIpc) is 2.84. The van der Waals surface area contributed by atoms with Crippen LogP contribution in [0.25, 0.3) is 0 Å². The maximum Gasteiger partial charge on any atom is 0.258 e. The van der Waals surface area contributed by atoms with Gasteiger partial charge in [-0.15, -0.1) is 0 Å². The van der Waals surface area contributed by atoms with E-state index in [-0.39, 0.29) is 24.3 Å². The second-order valence-electron chi connectivity index (χ2n) is 7.35. The van der Waals surface area contributed by atoms with E-state index in [9.17, 15) is 14.4 Å². The molecule has 3 rings (SSSR count). The Balaban J connectivity index is 1.55. The zero-order chi connectivity index (χ0) is 23.6. The summed E-state index contributed by atoms with van der Waals surface area (Å²) in [7, 11) is 0. The molecule has 0 aliphatic rings. The molecule has 0 spiro atoms. The molecule has 170 valence electrons. The highest BCUT2D eigenvalue weighted by Crippen LogP contribution is 2.18. The van der Waals surface area contributed by atoms with E-state index in [2.05, 4.69) is 16.0 Å². The normalized spacial score (nSPS) is 10.2. The van der Waals surface area contributed by atoms with Gasteiger partial charge in [-0.1, -0.05) is 31.2 Å². The van der Waals surface area contributed by atoms with Crippen molar-refractivity contribution in [3.63, 3.8) is 0 Å². The van der Waals surface area contributed by atoms with Gasteiger partial charge in [-0.2, -0.15) is 0 Å². The molecule has 0 aliphatic carbocycles. The number of nitrogens with zero attached hydrogens (tertiary/aromatic N) is 1. The first-order chi connectivity index (χ1) is 16.0. The molecular formula is C26H28N4O3. The van der Waals surface area contributed by atoms with E-state index in [0.29, 0.717) is 29.9 Å². The van der Waals surface area contributed by atoms with Crippen LogP contribution in [0.5, 0.6) is 0 Å². The molecule has 0 aliphatic heterocycles. The van der Waals surface area contributed by atoms with Crippen molar-refractivity contribution in [2.24, 2.45) is 0 Å². The Morgan fingerprint density at radius 3 is 1.97 bits per heavy atom. The molecule has 0 radical (unpaired) electrons. The molecule has 0 unspecified atom stereocenters. The first-order valence-electron chi connectivity index (χ1n) is 10.9. The number of rotatable bonds is 9. The largest absolute Gasteiger partial charge is 0.376 e. The van der Waals surface area contributed by atoms with Crippen LogP contribution in [-0.4, -0.2) is 30.8 Å². The Morgan fingerprint density at radius 1 is 0.727 bits per heavy atom. The van der Waals surface area contributed by atoms with Crippen LogP contribution in [0.1, 0.15) is 30.6 Å². The highest BCUT2D eigenvalue weighted by atomic mass is 16.2. The number of nitrogens with one attached hydrogen (secondary N) is 3. The average molecular weight is 445 g/mol. The highest BCUT2D eigenvalue weighted by Gasteiger charge is 2.15. The number of hydrogen-bond acceptors (Lipinski definition) is 4. The Hall–Kier alpha value is -4.13. The number of hydrogen-bond donors (Lipinski definition) is 3. The van der Waals surface area contributed by atoms with Gasteiger partial charge in [-0.05, 0) is 61.5 Å². The summed E-state index contributed by atoms with van der Waals surface area (Å²) in [5, 5.41) is 8.62. The van der Waals surface area contributed by atoms with E-state index in [1.54, 1.807) is 60.4 Å². The van der Waals surface area contributed by atoms with Crippen molar-refractivity contribution in [2.75, 3.05) is 33.9 Å². The SMILES string of the molecule is CCC(=O)Nc1cccc(NC(=O)CNc2ccc(C(=O)N(CC)c3ccccc3)cc2)c1. The molecule has 33 heavy (non-hydrogen) atoms. The molecule has 3 N–H and O–H groups in total. The van der Waals surface area contributed by atoms with Crippen molar-refractivity contribution in [3.8, 4) is 0 Å². The molecule has 0 bridgehead atoms. The highest BCUT2D eigenvalue weighted by molar-refractivity contribution is 6.06. The third-order valence-corrected chi connectivity index (χ3v) is 4.97. The van der Waals surface area contributed by atoms with Crippen molar-refractivity contribution in [1.29, 1.82) is 0 Å². The maximum atomic E-state index is 12.9. The molecule has 7 nitrogen and oxygen atoms in total. The van der Waals surface area contributed by atoms with Gasteiger partial charge in [-0.3, -0.25) is 14.4 Å². The summed E-state index contributed by atoms with van der Waals surface area (Å²) >= 11 is 0. The lowest BCUT2D eigenvalue weighted by Crippen LogP contribution is -2.30. The standard InChI is InChI=1S/C26H28N4O3/c1-3-24(31)28-21-9-8-10-22(17-21)29-25(32)18-27-20-15-13-19(14-16-20)26(33)30(4-2)23-11-6-5-7-12-23/h5-17,27H,3-4,18H2,1-2H3,(H,28,31)(H,29,32). The quantitative estimate of drug-likeness (QED) is 0.444. The van der Waals surface area contributed by atoms with E-state index < -0.39 is 0 Å². The third-order valence-electron chi connectivity index (χ3n) is 4.97. The monoisotopic (exact) mass is 444 g/mol. The van der Waals surface area contributed by atoms with E-state index in [4.69, 9.17) is 0 Å². The number of amides is 3. The second-order valence-corrected chi connectivity index (χ2v) is 7.35. The first kappa shape index (κ1) is 23.5. The van der Waals surface area contributed by atoms with E-state index >= 15 is 0 Å². The molecule has 3 aromatic rings. The molecule has 0 heterocycles. The van der Waals surface area contributed by atoms with Crippen LogP contribution >= 0.6 is 0 Å². The van der Waals surface area contributed by atoms with Crippen LogP contribution in [0.4, 0.5) is 22.7 Å². The fourth-order valence-corrected chi connectivity index (χ4v) is 3.25. The summed E-state index contributed by atoms with van der Waals surface area (Å²) in [5.74, 6) is -0.397. The van der Waals surface area contributed by atoms with Gasteiger partial charge >= 0.3 is 0 Å². The van der Waals surface area contributed by atoms with Crippen LogP contribution in [0.2, 0.25) is 0 Å². The van der Waals surface area contributed by atoms with Gasteiger partial charge in [0.15, 0.2) is 0 Å². The molecule has 0 atom stereocenters. The van der Waals surface area contributed by atoms with Crippen molar-refractivity contribution < 1.29 is 14.4 Å². The Morgan fingerprint density at radius 2 is 1.36 bits per heavy atom. The number of carbonyl (C=O) groups is 3. The summed E-state index contributed by atoms with van der Waals surface area (Å²) in [6.07, 6.45) is 0.383. The minimum atomic E-state index is -0.227. The fourth-order valence-electron chi connectivity index (χ4n) is 3.25. The zero-order valence-electron chi connectivity index (χ0n) is 18.8. The molecular weight excluding hydrogens is 416 g/mol. The van der Waals surface area contributed by atoms with Crippen molar-refractivity contribution in [1.82, 2.24) is 0 Å². The van der Waals surface area contributed by atoms with Gasteiger partial charge in [0, 0.05) is 41.3 Å². The maximum absolute atomic E-state index is 12.9. The van der Waals surface area contributed by atoms with Crippen molar-refractivity contribution in [3.05, 3.63) is 84.4 Å². The smallest absolute Gasteiger partial charge is 0.258 e. The minimum Gasteiger partial charge on any atom is -0.376 e. The lowest BCUT2D eigenvalue weighted by Gasteiger charge is -2.21. The summed E-state index contributed by atoms with van der Waals surface area (Å²) in [4.78, 5) is 38.4. The fraction of sp³-hybridized carbons (Fsp3) is 0.192. The van der Waals surface area contributed by atoms with Gasteiger partial charge < -0.3 is 20.9 Å². The van der Waals surface area contributed by atoms with Crippen molar-refractivity contribution in [2.45, 2.75) is 20.3 Å². The molecule has 0 aromatic heterocycles. The van der Waals surface area contributed by atoms with Gasteiger partial charge in [-0.25, -0.2) is 0 Å². The molecule has 3 amide bonds. The van der Waals surface area contributed by atoms with E-state index in [0.717, 1.165) is 11.4 Å². The van der Waals surface area contributed by atoms with E-state index in [1.165, 1.54) is 0 Å². The predicted molar refractivity (Wildman–Crippen MR) is 133 cm³/mol. The van der Waals surface area contributed by atoms with Crippen LogP contribution in [0.15, 0.2) is 78.9 Å².